The Kier molecular flexibility index (Phi) is 1.97. The average molecular weight is 142 g/mol. The van der Waals surface area contributed by atoms with Crippen molar-refractivity contribution in [3.05, 3.63) is 24.2 Å². The Balaban J connectivity index is 2.77. The predicted molar refractivity (Wildman–Crippen MR) is 37.5 cm³/mol. The molecular formula is C6H6O2S. The SMILES string of the molecule is OCC(=S)c1ccco1. The highest BCUT2D eigenvalue weighted by Gasteiger charge is 1.99. The highest BCUT2D eigenvalue weighted by atomic mass is 32.1. The molecule has 1 heterocycles. The molecule has 0 fully saturated rings. The van der Waals surface area contributed by atoms with Crippen LogP contribution in [0.5, 0.6) is 0 Å². The molecule has 0 atom stereocenters. The zero-order chi connectivity index (χ0) is 6.69. The highest BCUT2D eigenvalue weighted by Crippen LogP contribution is 2.00. The van der Waals surface area contributed by atoms with Gasteiger partial charge in [0.05, 0.1) is 17.7 Å². The van der Waals surface area contributed by atoms with Gasteiger partial charge < -0.3 is 9.52 Å². The van der Waals surface area contributed by atoms with Crippen molar-refractivity contribution in [2.75, 3.05) is 6.61 Å². The molecule has 0 spiro atoms. The van der Waals surface area contributed by atoms with Gasteiger partial charge in [-0.05, 0) is 12.1 Å². The number of thiocarbonyl (C=S) groups is 1. The summed E-state index contributed by atoms with van der Waals surface area (Å²) in [7, 11) is 0. The van der Waals surface area contributed by atoms with Gasteiger partial charge >= 0.3 is 0 Å². The molecule has 1 aromatic rings. The van der Waals surface area contributed by atoms with Gasteiger partial charge in [0.2, 0.25) is 0 Å². The summed E-state index contributed by atoms with van der Waals surface area (Å²) >= 11 is 4.73. The van der Waals surface area contributed by atoms with E-state index >= 15 is 0 Å². The molecule has 0 unspecified atom stereocenters. The molecule has 0 saturated heterocycles. The lowest BCUT2D eigenvalue weighted by molar-refractivity contribution is 0.357. The molecule has 0 aliphatic rings. The Morgan fingerprint density at radius 1 is 1.78 bits per heavy atom. The van der Waals surface area contributed by atoms with Crippen molar-refractivity contribution in [1.29, 1.82) is 0 Å². The summed E-state index contributed by atoms with van der Waals surface area (Å²) in [5.41, 5.74) is 0. The van der Waals surface area contributed by atoms with Crippen LogP contribution in [0.3, 0.4) is 0 Å². The van der Waals surface area contributed by atoms with E-state index in [0.717, 1.165) is 0 Å². The summed E-state index contributed by atoms with van der Waals surface area (Å²) in [5, 5.41) is 8.51. The summed E-state index contributed by atoms with van der Waals surface area (Å²) in [5.74, 6) is 0.576. The highest BCUT2D eigenvalue weighted by molar-refractivity contribution is 7.80. The third-order valence-electron chi connectivity index (χ3n) is 0.940. The minimum atomic E-state index is -0.122. The fraction of sp³-hybridized carbons (Fsp3) is 0.167. The monoisotopic (exact) mass is 142 g/mol. The van der Waals surface area contributed by atoms with Crippen LogP contribution >= 0.6 is 12.2 Å². The number of furan rings is 1. The van der Waals surface area contributed by atoms with Crippen molar-refractivity contribution in [1.82, 2.24) is 0 Å². The average Bonchev–Trinajstić information content (AvgIpc) is 2.37. The Morgan fingerprint density at radius 2 is 2.56 bits per heavy atom. The van der Waals surface area contributed by atoms with Crippen LogP contribution in [0.4, 0.5) is 0 Å². The molecule has 0 aliphatic heterocycles. The lowest BCUT2D eigenvalue weighted by atomic mass is 10.3. The second kappa shape index (κ2) is 2.75. The van der Waals surface area contributed by atoms with Crippen molar-refractivity contribution < 1.29 is 9.52 Å². The molecule has 0 bridgehead atoms. The van der Waals surface area contributed by atoms with Crippen molar-refractivity contribution in [3.63, 3.8) is 0 Å². The molecule has 0 radical (unpaired) electrons. The van der Waals surface area contributed by atoms with Crippen LogP contribution in [0.25, 0.3) is 0 Å². The van der Waals surface area contributed by atoms with E-state index in [-0.39, 0.29) is 6.61 Å². The van der Waals surface area contributed by atoms with Gasteiger partial charge in [0.15, 0.2) is 0 Å². The maximum absolute atomic E-state index is 8.51. The number of aliphatic hydroxyl groups is 1. The van der Waals surface area contributed by atoms with Crippen molar-refractivity contribution in [2.24, 2.45) is 0 Å². The van der Waals surface area contributed by atoms with E-state index in [4.69, 9.17) is 21.7 Å². The van der Waals surface area contributed by atoms with Crippen LogP contribution in [0, 0.1) is 0 Å². The minimum absolute atomic E-state index is 0.122. The van der Waals surface area contributed by atoms with Crippen molar-refractivity contribution >= 4 is 17.1 Å². The van der Waals surface area contributed by atoms with Gasteiger partial charge in [-0.3, -0.25) is 0 Å². The molecule has 0 aliphatic carbocycles. The molecule has 48 valence electrons. The van der Waals surface area contributed by atoms with E-state index in [1.54, 1.807) is 12.1 Å². The lowest BCUT2D eigenvalue weighted by Crippen LogP contribution is -1.99. The Bertz CT molecular complexity index is 191. The van der Waals surface area contributed by atoms with Crippen LogP contribution in [0.1, 0.15) is 5.76 Å². The summed E-state index contributed by atoms with van der Waals surface area (Å²) in [6, 6.07) is 3.45. The lowest BCUT2D eigenvalue weighted by Gasteiger charge is -1.89. The standard InChI is InChI=1S/C6H6O2S/c7-4-6(9)5-2-1-3-8-5/h1-3,7H,4H2. The largest absolute Gasteiger partial charge is 0.464 e. The second-order valence-corrected chi connectivity index (χ2v) is 2.05. The molecule has 3 heteroatoms. The molecular weight excluding hydrogens is 136 g/mol. The van der Waals surface area contributed by atoms with E-state index in [9.17, 15) is 0 Å². The van der Waals surface area contributed by atoms with Crippen LogP contribution < -0.4 is 0 Å². The summed E-state index contributed by atoms with van der Waals surface area (Å²) in [6.07, 6.45) is 1.53. The van der Waals surface area contributed by atoms with E-state index in [2.05, 4.69) is 0 Å². The van der Waals surface area contributed by atoms with Crippen LogP contribution in [0.2, 0.25) is 0 Å². The maximum atomic E-state index is 8.51. The quantitative estimate of drug-likeness (QED) is 0.494. The van der Waals surface area contributed by atoms with Crippen LogP contribution in [-0.2, 0) is 0 Å². The molecule has 0 aromatic carbocycles. The van der Waals surface area contributed by atoms with Gasteiger partial charge in [-0.25, -0.2) is 0 Å². The number of hydrogen-bond acceptors (Lipinski definition) is 3. The van der Waals surface area contributed by atoms with E-state index < -0.39 is 0 Å². The normalized spacial score (nSPS) is 9.44. The maximum Gasteiger partial charge on any atom is 0.142 e. The first-order valence-corrected chi connectivity index (χ1v) is 2.93. The zero-order valence-electron chi connectivity index (χ0n) is 4.70. The predicted octanol–water partition coefficient (Wildman–Crippen LogP) is 0.990. The second-order valence-electron chi connectivity index (χ2n) is 1.56. The molecule has 9 heavy (non-hydrogen) atoms. The Hall–Kier alpha value is -0.670. The fourth-order valence-electron chi connectivity index (χ4n) is 0.515. The Morgan fingerprint density at radius 3 is 3.00 bits per heavy atom. The van der Waals surface area contributed by atoms with E-state index in [1.165, 1.54) is 6.26 Å². The number of rotatable bonds is 2. The topological polar surface area (TPSA) is 33.4 Å². The van der Waals surface area contributed by atoms with Crippen LogP contribution in [-0.4, -0.2) is 16.6 Å². The zero-order valence-corrected chi connectivity index (χ0v) is 5.52. The summed E-state index contributed by atoms with van der Waals surface area (Å²) < 4.78 is 4.88. The molecule has 1 aromatic heterocycles. The van der Waals surface area contributed by atoms with Gasteiger partial charge in [-0.2, -0.15) is 0 Å². The van der Waals surface area contributed by atoms with Gasteiger partial charge in [-0.15, -0.1) is 0 Å². The first kappa shape index (κ1) is 6.45. The smallest absolute Gasteiger partial charge is 0.142 e. The van der Waals surface area contributed by atoms with E-state index in [0.29, 0.717) is 10.6 Å². The number of aliphatic hydroxyl groups excluding tert-OH is 1. The van der Waals surface area contributed by atoms with Gasteiger partial charge in [0.25, 0.3) is 0 Å². The van der Waals surface area contributed by atoms with Gasteiger partial charge in [-0.1, -0.05) is 12.2 Å². The van der Waals surface area contributed by atoms with Gasteiger partial charge in [0.1, 0.15) is 5.76 Å². The van der Waals surface area contributed by atoms with Crippen molar-refractivity contribution in [2.45, 2.75) is 0 Å². The van der Waals surface area contributed by atoms with Crippen molar-refractivity contribution in [3.8, 4) is 0 Å². The third kappa shape index (κ3) is 1.37. The van der Waals surface area contributed by atoms with E-state index in [1.807, 2.05) is 0 Å². The third-order valence-corrected chi connectivity index (χ3v) is 1.27. The fourth-order valence-corrected chi connectivity index (χ4v) is 0.631. The van der Waals surface area contributed by atoms with Gasteiger partial charge in [0, 0.05) is 0 Å². The minimum Gasteiger partial charge on any atom is -0.464 e. The molecule has 2 nitrogen and oxygen atoms in total. The molecule has 0 saturated carbocycles. The molecule has 1 N–H and O–H groups in total. The summed E-state index contributed by atoms with van der Waals surface area (Å²) in [6.45, 7) is -0.122. The molecule has 0 amide bonds. The molecule has 1 rings (SSSR count). The number of hydrogen-bond donors (Lipinski definition) is 1. The summed E-state index contributed by atoms with van der Waals surface area (Å²) in [4.78, 5) is 0.444. The Labute approximate surface area is 58.1 Å². The first-order chi connectivity index (χ1) is 4.34. The van der Waals surface area contributed by atoms with Crippen LogP contribution in [0.15, 0.2) is 22.8 Å². The first-order valence-electron chi connectivity index (χ1n) is 2.52.